The first-order valence-electron chi connectivity index (χ1n) is 6.59. The van der Waals surface area contributed by atoms with Crippen molar-refractivity contribution in [3.05, 3.63) is 36.0 Å². The van der Waals surface area contributed by atoms with Crippen molar-refractivity contribution in [2.45, 2.75) is 0 Å². The molecule has 0 bridgehead atoms. The summed E-state index contributed by atoms with van der Waals surface area (Å²) in [5, 5.41) is 0.906. The van der Waals surface area contributed by atoms with Crippen LogP contribution in [0.15, 0.2) is 30.5 Å². The van der Waals surface area contributed by atoms with Crippen molar-refractivity contribution in [2.75, 3.05) is 33.4 Å². The quantitative estimate of drug-likeness (QED) is 0.835. The minimum absolute atomic E-state index is 0.00511. The minimum atomic E-state index is 0.00511. The van der Waals surface area contributed by atoms with Crippen molar-refractivity contribution in [3.63, 3.8) is 0 Å². The van der Waals surface area contributed by atoms with E-state index in [2.05, 4.69) is 4.98 Å². The van der Waals surface area contributed by atoms with Crippen molar-refractivity contribution in [2.24, 2.45) is 0 Å². The van der Waals surface area contributed by atoms with Gasteiger partial charge >= 0.3 is 0 Å². The second kappa shape index (κ2) is 5.46. The average Bonchev–Trinajstić information content (AvgIpc) is 2.53. The normalized spacial score (nSPS) is 15.3. The molecule has 1 aliphatic heterocycles. The van der Waals surface area contributed by atoms with E-state index in [1.807, 2.05) is 24.3 Å². The third kappa shape index (κ3) is 2.32. The number of rotatable bonds is 2. The van der Waals surface area contributed by atoms with Gasteiger partial charge in [0, 0.05) is 24.7 Å². The predicted molar refractivity (Wildman–Crippen MR) is 75.0 cm³/mol. The number of carbonyl (C=O) groups is 1. The van der Waals surface area contributed by atoms with E-state index < -0.39 is 0 Å². The van der Waals surface area contributed by atoms with Gasteiger partial charge in [-0.25, -0.2) is 0 Å². The van der Waals surface area contributed by atoms with Crippen LogP contribution < -0.4 is 4.74 Å². The lowest BCUT2D eigenvalue weighted by Gasteiger charge is -2.26. The van der Waals surface area contributed by atoms with Crippen LogP contribution in [-0.2, 0) is 4.74 Å². The molecule has 20 heavy (non-hydrogen) atoms. The Balaban J connectivity index is 1.94. The van der Waals surface area contributed by atoms with Crippen molar-refractivity contribution < 1.29 is 14.3 Å². The molecule has 0 radical (unpaired) electrons. The lowest BCUT2D eigenvalue weighted by Crippen LogP contribution is -2.40. The molecule has 1 aliphatic rings. The number of methoxy groups -OCH3 is 1. The summed E-state index contributed by atoms with van der Waals surface area (Å²) in [4.78, 5) is 18.6. The fourth-order valence-electron chi connectivity index (χ4n) is 2.36. The Kier molecular flexibility index (Phi) is 3.52. The fourth-order valence-corrected chi connectivity index (χ4v) is 2.36. The Hall–Kier alpha value is -2.14. The molecule has 2 heterocycles. The van der Waals surface area contributed by atoms with E-state index in [-0.39, 0.29) is 5.91 Å². The van der Waals surface area contributed by atoms with Gasteiger partial charge in [-0.2, -0.15) is 0 Å². The van der Waals surface area contributed by atoms with Gasteiger partial charge in [-0.1, -0.05) is 12.1 Å². The van der Waals surface area contributed by atoms with Crippen LogP contribution in [-0.4, -0.2) is 49.2 Å². The van der Waals surface area contributed by atoms with E-state index in [0.29, 0.717) is 37.6 Å². The van der Waals surface area contributed by atoms with Crippen molar-refractivity contribution in [1.82, 2.24) is 9.88 Å². The van der Waals surface area contributed by atoms with E-state index in [1.165, 1.54) is 0 Å². The van der Waals surface area contributed by atoms with Crippen LogP contribution in [0, 0.1) is 0 Å². The smallest absolute Gasteiger partial charge is 0.255 e. The largest absolute Gasteiger partial charge is 0.494 e. The SMILES string of the molecule is COc1cccc2cc(C(=O)N3CCOCC3)cnc12. The number of benzene rings is 1. The van der Waals surface area contributed by atoms with Crippen LogP contribution in [0.5, 0.6) is 5.75 Å². The molecule has 0 aliphatic carbocycles. The predicted octanol–water partition coefficient (Wildman–Crippen LogP) is 1.72. The van der Waals surface area contributed by atoms with E-state index in [0.717, 1.165) is 10.9 Å². The molecule has 1 aromatic heterocycles. The summed E-state index contributed by atoms with van der Waals surface area (Å²) in [7, 11) is 1.61. The van der Waals surface area contributed by atoms with Crippen LogP contribution in [0.2, 0.25) is 0 Å². The number of morpholine rings is 1. The number of fused-ring (bicyclic) bond motifs is 1. The molecule has 0 atom stereocenters. The zero-order valence-corrected chi connectivity index (χ0v) is 11.3. The number of aromatic nitrogens is 1. The molecule has 104 valence electrons. The molecule has 0 spiro atoms. The molecule has 1 amide bonds. The first kappa shape index (κ1) is 12.9. The summed E-state index contributed by atoms with van der Waals surface area (Å²) in [5.74, 6) is 0.721. The van der Waals surface area contributed by atoms with Crippen LogP contribution in [0.1, 0.15) is 10.4 Å². The highest BCUT2D eigenvalue weighted by atomic mass is 16.5. The van der Waals surface area contributed by atoms with Gasteiger partial charge < -0.3 is 14.4 Å². The highest BCUT2D eigenvalue weighted by molar-refractivity contribution is 5.98. The highest BCUT2D eigenvalue weighted by Gasteiger charge is 2.19. The first-order chi connectivity index (χ1) is 9.79. The van der Waals surface area contributed by atoms with Gasteiger partial charge in [0.05, 0.1) is 25.9 Å². The number of amides is 1. The number of carbonyl (C=O) groups excluding carboxylic acids is 1. The molecule has 1 saturated heterocycles. The summed E-state index contributed by atoms with van der Waals surface area (Å²) in [6.07, 6.45) is 1.61. The maximum Gasteiger partial charge on any atom is 0.255 e. The number of hydrogen-bond acceptors (Lipinski definition) is 4. The summed E-state index contributed by atoms with van der Waals surface area (Å²) >= 11 is 0. The van der Waals surface area contributed by atoms with Crippen LogP contribution in [0.4, 0.5) is 0 Å². The monoisotopic (exact) mass is 272 g/mol. The molecule has 0 N–H and O–H groups in total. The summed E-state index contributed by atoms with van der Waals surface area (Å²) < 4.78 is 10.5. The molecule has 0 unspecified atom stereocenters. The third-order valence-electron chi connectivity index (χ3n) is 3.44. The van der Waals surface area contributed by atoms with Gasteiger partial charge in [0.2, 0.25) is 0 Å². The Morgan fingerprint density at radius 2 is 2.15 bits per heavy atom. The van der Waals surface area contributed by atoms with Crippen LogP contribution in [0.3, 0.4) is 0 Å². The molecule has 1 aromatic carbocycles. The van der Waals surface area contributed by atoms with E-state index >= 15 is 0 Å². The van der Waals surface area contributed by atoms with Crippen LogP contribution in [0.25, 0.3) is 10.9 Å². The maximum atomic E-state index is 12.4. The standard InChI is InChI=1S/C15H16N2O3/c1-19-13-4-2-3-11-9-12(10-16-14(11)13)15(18)17-5-7-20-8-6-17/h2-4,9-10H,5-8H2,1H3. The van der Waals surface area contributed by atoms with Crippen molar-refractivity contribution >= 4 is 16.8 Å². The molecule has 5 heteroatoms. The Bertz CT molecular complexity index is 636. The molecule has 1 fully saturated rings. The molecule has 5 nitrogen and oxygen atoms in total. The third-order valence-corrected chi connectivity index (χ3v) is 3.44. The number of ether oxygens (including phenoxy) is 2. The fraction of sp³-hybridized carbons (Fsp3) is 0.333. The molecule has 3 rings (SSSR count). The van der Waals surface area contributed by atoms with Gasteiger partial charge in [-0.15, -0.1) is 0 Å². The Labute approximate surface area is 117 Å². The number of para-hydroxylation sites is 1. The van der Waals surface area contributed by atoms with E-state index in [1.54, 1.807) is 18.2 Å². The summed E-state index contributed by atoms with van der Waals surface area (Å²) in [5.41, 5.74) is 1.38. The highest BCUT2D eigenvalue weighted by Crippen LogP contribution is 2.24. The Morgan fingerprint density at radius 1 is 1.35 bits per heavy atom. The topological polar surface area (TPSA) is 51.7 Å². The van der Waals surface area contributed by atoms with Gasteiger partial charge in [0.15, 0.2) is 0 Å². The van der Waals surface area contributed by atoms with Crippen LogP contribution >= 0.6 is 0 Å². The van der Waals surface area contributed by atoms with E-state index in [9.17, 15) is 4.79 Å². The number of pyridine rings is 1. The lowest BCUT2D eigenvalue weighted by molar-refractivity contribution is 0.0302. The second-order valence-corrected chi connectivity index (χ2v) is 4.66. The van der Waals surface area contributed by atoms with Gasteiger partial charge in [-0.05, 0) is 12.1 Å². The zero-order chi connectivity index (χ0) is 13.9. The molecular weight excluding hydrogens is 256 g/mol. The lowest BCUT2D eigenvalue weighted by atomic mass is 10.1. The maximum absolute atomic E-state index is 12.4. The molecule has 0 saturated carbocycles. The van der Waals surface area contributed by atoms with Gasteiger partial charge in [-0.3, -0.25) is 9.78 Å². The summed E-state index contributed by atoms with van der Waals surface area (Å²) in [6, 6.07) is 7.55. The van der Waals surface area contributed by atoms with Crippen molar-refractivity contribution in [1.29, 1.82) is 0 Å². The second-order valence-electron chi connectivity index (χ2n) is 4.66. The van der Waals surface area contributed by atoms with Gasteiger partial charge in [0.1, 0.15) is 11.3 Å². The number of nitrogens with zero attached hydrogens (tertiary/aromatic N) is 2. The van der Waals surface area contributed by atoms with E-state index in [4.69, 9.17) is 9.47 Å². The van der Waals surface area contributed by atoms with Crippen molar-refractivity contribution in [3.8, 4) is 5.75 Å². The summed E-state index contributed by atoms with van der Waals surface area (Å²) in [6.45, 7) is 2.46. The minimum Gasteiger partial charge on any atom is -0.494 e. The number of hydrogen-bond donors (Lipinski definition) is 0. The first-order valence-corrected chi connectivity index (χ1v) is 6.59. The molecular formula is C15H16N2O3. The Morgan fingerprint density at radius 3 is 2.90 bits per heavy atom. The molecule has 2 aromatic rings. The zero-order valence-electron chi connectivity index (χ0n) is 11.3. The average molecular weight is 272 g/mol. The van der Waals surface area contributed by atoms with Gasteiger partial charge in [0.25, 0.3) is 5.91 Å².